The van der Waals surface area contributed by atoms with E-state index < -0.39 is 10.8 Å². The Balaban J connectivity index is 2.13. The number of halogens is 1. The molecule has 1 aromatic carbocycles. The minimum atomic E-state index is -0.569. The van der Waals surface area contributed by atoms with E-state index in [0.29, 0.717) is 10.7 Å². The molecule has 0 spiro atoms. The molecule has 0 fully saturated rings. The fourth-order valence-corrected chi connectivity index (χ4v) is 2.31. The van der Waals surface area contributed by atoms with Crippen molar-refractivity contribution in [1.29, 1.82) is 0 Å². The molecule has 2 aromatic rings. The summed E-state index contributed by atoms with van der Waals surface area (Å²) in [6.07, 6.45) is 0. The monoisotopic (exact) mass is 328 g/mol. The third-order valence-electron chi connectivity index (χ3n) is 2.37. The molecule has 0 aliphatic carbocycles. The van der Waals surface area contributed by atoms with Gasteiger partial charge in [-0.05, 0) is 6.07 Å². The number of ether oxygens (including phenoxy) is 1. The van der Waals surface area contributed by atoms with Gasteiger partial charge in [0.15, 0.2) is 10.8 Å². The smallest absolute Gasteiger partial charge is 0.311 e. The van der Waals surface area contributed by atoms with E-state index in [1.807, 2.05) is 5.43 Å². The lowest BCUT2D eigenvalue weighted by Gasteiger charge is -2.05. The van der Waals surface area contributed by atoms with Gasteiger partial charge in [-0.1, -0.05) is 11.6 Å². The summed E-state index contributed by atoms with van der Waals surface area (Å²) >= 11 is 6.87. The Hall–Kier alpha value is -2.23. The van der Waals surface area contributed by atoms with Crippen LogP contribution < -0.4 is 16.0 Å². The highest BCUT2D eigenvalue weighted by atomic mass is 35.5. The molecule has 21 heavy (non-hydrogen) atoms. The minimum Gasteiger partial charge on any atom is -0.480 e. The summed E-state index contributed by atoms with van der Waals surface area (Å²) in [6.45, 7) is -0.0322. The Morgan fingerprint density at radius 2 is 2.33 bits per heavy atom. The van der Waals surface area contributed by atoms with Crippen molar-refractivity contribution < 1.29 is 14.5 Å². The van der Waals surface area contributed by atoms with Crippen molar-refractivity contribution in [2.45, 2.75) is 6.61 Å². The average Bonchev–Trinajstić information content (AvgIpc) is 2.93. The number of nitrogens with zero attached hydrogens (tertiary/aromatic N) is 2. The van der Waals surface area contributed by atoms with Crippen molar-refractivity contribution in [3.8, 4) is 5.75 Å². The third-order valence-corrected chi connectivity index (χ3v) is 3.50. The third kappa shape index (κ3) is 3.66. The Morgan fingerprint density at radius 3 is 3.00 bits per heavy atom. The number of nitrogens with one attached hydrogen (secondary N) is 1. The molecule has 0 aliphatic rings. The first-order valence-corrected chi connectivity index (χ1v) is 6.79. The van der Waals surface area contributed by atoms with Crippen LogP contribution >= 0.6 is 22.9 Å². The molecule has 10 heteroatoms. The van der Waals surface area contributed by atoms with Gasteiger partial charge >= 0.3 is 5.69 Å². The topological polar surface area (TPSA) is 120 Å². The highest BCUT2D eigenvalue weighted by Crippen LogP contribution is 2.30. The van der Waals surface area contributed by atoms with E-state index in [-0.39, 0.29) is 23.1 Å². The van der Waals surface area contributed by atoms with E-state index in [2.05, 4.69) is 4.98 Å². The zero-order chi connectivity index (χ0) is 15.4. The maximum atomic E-state index is 11.3. The van der Waals surface area contributed by atoms with E-state index in [4.69, 9.17) is 22.2 Å². The molecule has 0 bridgehead atoms. The van der Waals surface area contributed by atoms with Crippen molar-refractivity contribution in [3.63, 3.8) is 0 Å². The van der Waals surface area contributed by atoms with Crippen molar-refractivity contribution in [3.05, 3.63) is 49.4 Å². The molecule has 0 atom stereocenters. The van der Waals surface area contributed by atoms with Crippen LogP contribution in [0, 0.1) is 10.1 Å². The van der Waals surface area contributed by atoms with E-state index in [1.165, 1.54) is 18.2 Å². The maximum Gasteiger partial charge on any atom is 0.311 e. The summed E-state index contributed by atoms with van der Waals surface area (Å²) in [4.78, 5) is 25.6. The number of amides is 1. The summed E-state index contributed by atoms with van der Waals surface area (Å²) in [6, 6.07) is 4.00. The number of hydrogen-bond acceptors (Lipinski definition) is 7. The highest BCUT2D eigenvalue weighted by Gasteiger charge is 2.16. The molecule has 0 saturated carbocycles. The quantitative estimate of drug-likeness (QED) is 0.374. The molecule has 1 heterocycles. The lowest BCUT2D eigenvalue weighted by molar-refractivity contribution is -0.385. The summed E-state index contributed by atoms with van der Waals surface area (Å²) < 4.78 is 5.35. The molecule has 110 valence electrons. The van der Waals surface area contributed by atoms with Crippen LogP contribution in [0.3, 0.4) is 0 Å². The number of carbonyl (C=O) groups excluding carboxylic acids is 1. The summed E-state index contributed by atoms with van der Waals surface area (Å²) in [5.41, 5.74) is 2.21. The molecule has 1 amide bonds. The van der Waals surface area contributed by atoms with Crippen molar-refractivity contribution in [1.82, 2.24) is 10.4 Å². The zero-order valence-electron chi connectivity index (χ0n) is 10.4. The van der Waals surface area contributed by atoms with Gasteiger partial charge in [0.1, 0.15) is 6.61 Å². The minimum absolute atomic E-state index is 0.0322. The van der Waals surface area contributed by atoms with Crippen LogP contribution in [0.2, 0.25) is 5.02 Å². The Bertz CT molecular complexity index is 691. The van der Waals surface area contributed by atoms with Gasteiger partial charge in [-0.3, -0.25) is 20.3 Å². The van der Waals surface area contributed by atoms with Crippen LogP contribution in [0.15, 0.2) is 23.6 Å². The van der Waals surface area contributed by atoms with E-state index in [9.17, 15) is 14.9 Å². The van der Waals surface area contributed by atoms with Gasteiger partial charge in [-0.25, -0.2) is 10.8 Å². The van der Waals surface area contributed by atoms with Gasteiger partial charge in [0.2, 0.25) is 0 Å². The van der Waals surface area contributed by atoms with Gasteiger partial charge in [-0.2, -0.15) is 0 Å². The van der Waals surface area contributed by atoms with Crippen molar-refractivity contribution >= 4 is 34.5 Å². The fraction of sp³-hybridized carbons (Fsp3) is 0.0909. The molecule has 1 aromatic heterocycles. The molecular weight excluding hydrogens is 320 g/mol. The number of nitro benzene ring substituents is 1. The van der Waals surface area contributed by atoms with Crippen LogP contribution in [0.25, 0.3) is 0 Å². The molecule has 0 unspecified atom stereocenters. The maximum absolute atomic E-state index is 11.3. The lowest BCUT2D eigenvalue weighted by atomic mass is 10.3. The Labute approximate surface area is 127 Å². The predicted molar refractivity (Wildman–Crippen MR) is 76.2 cm³/mol. The molecule has 3 N–H and O–H groups in total. The average molecular weight is 329 g/mol. The predicted octanol–water partition coefficient (Wildman–Crippen LogP) is 1.89. The number of aromatic nitrogens is 1. The summed E-state index contributed by atoms with van der Waals surface area (Å²) in [7, 11) is 0. The molecule has 0 aliphatic heterocycles. The number of hydrazine groups is 1. The number of hydrogen-bond donors (Lipinski definition) is 2. The van der Waals surface area contributed by atoms with E-state index >= 15 is 0 Å². The molecular formula is C11H9ClN4O4S. The number of rotatable bonds is 5. The van der Waals surface area contributed by atoms with Gasteiger partial charge in [0.05, 0.1) is 10.6 Å². The van der Waals surface area contributed by atoms with Crippen LogP contribution in [0.4, 0.5) is 5.69 Å². The Morgan fingerprint density at radius 1 is 1.57 bits per heavy atom. The second-order valence-corrected chi connectivity index (χ2v) is 5.07. The summed E-state index contributed by atoms with van der Waals surface area (Å²) in [5.74, 6) is 4.51. The van der Waals surface area contributed by atoms with Crippen LogP contribution in [0.1, 0.15) is 15.5 Å². The number of nitrogen functional groups attached to an aromatic ring is 1. The van der Waals surface area contributed by atoms with Crippen LogP contribution in [0.5, 0.6) is 5.75 Å². The van der Waals surface area contributed by atoms with Crippen LogP contribution in [-0.4, -0.2) is 15.8 Å². The molecule has 0 saturated heterocycles. The van der Waals surface area contributed by atoms with Gasteiger partial charge in [0, 0.05) is 22.5 Å². The normalized spacial score (nSPS) is 10.2. The molecule has 0 radical (unpaired) electrons. The van der Waals surface area contributed by atoms with Crippen LogP contribution in [-0.2, 0) is 6.61 Å². The summed E-state index contributed by atoms with van der Waals surface area (Å²) in [5, 5.41) is 13.0. The number of carbonyl (C=O) groups is 1. The highest BCUT2D eigenvalue weighted by molar-refractivity contribution is 7.11. The first-order chi connectivity index (χ1) is 10.0. The van der Waals surface area contributed by atoms with Gasteiger partial charge in [-0.15, -0.1) is 11.3 Å². The van der Waals surface area contributed by atoms with Gasteiger partial charge in [0.25, 0.3) is 5.91 Å². The lowest BCUT2D eigenvalue weighted by Crippen LogP contribution is -2.29. The number of nitro groups is 1. The SMILES string of the molecule is NNC(=O)c1nc(COc2cc(Cl)ccc2[N+](=O)[O-])cs1. The van der Waals surface area contributed by atoms with E-state index in [1.54, 1.807) is 5.38 Å². The zero-order valence-corrected chi connectivity index (χ0v) is 12.0. The fourth-order valence-electron chi connectivity index (χ4n) is 1.45. The van der Waals surface area contributed by atoms with E-state index in [0.717, 1.165) is 11.3 Å². The molecule has 2 rings (SSSR count). The first-order valence-electron chi connectivity index (χ1n) is 5.53. The Kier molecular flexibility index (Phi) is 4.68. The van der Waals surface area contributed by atoms with Crippen molar-refractivity contribution in [2.75, 3.05) is 0 Å². The second-order valence-electron chi connectivity index (χ2n) is 3.78. The van der Waals surface area contributed by atoms with Gasteiger partial charge < -0.3 is 4.74 Å². The largest absolute Gasteiger partial charge is 0.480 e. The standard InChI is InChI=1S/C11H9ClN4O4S/c12-6-1-2-8(16(18)19)9(3-6)20-4-7-5-21-11(14-7)10(17)15-13/h1-3,5H,4,13H2,(H,15,17). The number of thiazole rings is 1. The molecule has 8 nitrogen and oxygen atoms in total. The number of benzene rings is 1. The second kappa shape index (κ2) is 6.48. The van der Waals surface area contributed by atoms with Crippen molar-refractivity contribution in [2.24, 2.45) is 5.84 Å². The number of nitrogens with two attached hydrogens (primary N) is 1. The first kappa shape index (κ1) is 15.2.